The van der Waals surface area contributed by atoms with Gasteiger partial charge in [0.1, 0.15) is 10.8 Å². The Morgan fingerprint density at radius 2 is 2.12 bits per heavy atom. The molecule has 0 atom stereocenters. The molecule has 0 aliphatic heterocycles. The molecule has 0 aliphatic rings. The summed E-state index contributed by atoms with van der Waals surface area (Å²) in [4.78, 5) is 8.02. The Hall–Kier alpha value is -2.01. The van der Waals surface area contributed by atoms with E-state index in [9.17, 15) is 9.50 Å². The van der Waals surface area contributed by atoms with Gasteiger partial charge in [-0.3, -0.25) is 4.98 Å². The van der Waals surface area contributed by atoms with Gasteiger partial charge < -0.3 is 5.11 Å². The average Bonchev–Trinajstić information content (AvgIpc) is 2.72. The SMILES string of the molecule is Oc1ccc2nc(-c3ccncc3[18F])sc2c1. The number of halogens is 1. The molecular formula is C12H7FN2OS. The fourth-order valence-corrected chi connectivity index (χ4v) is 2.60. The molecule has 17 heavy (non-hydrogen) atoms. The molecule has 0 unspecified atom stereocenters. The van der Waals surface area contributed by atoms with Crippen LogP contribution in [0.3, 0.4) is 0 Å². The molecule has 84 valence electrons. The van der Waals surface area contributed by atoms with E-state index in [0.29, 0.717) is 10.6 Å². The molecule has 0 bridgehead atoms. The molecule has 0 fully saturated rings. The summed E-state index contributed by atoms with van der Waals surface area (Å²) in [6.45, 7) is 0. The number of phenolic OH excluding ortho intramolecular Hbond substituents is 1. The van der Waals surface area contributed by atoms with Crippen LogP contribution in [-0.2, 0) is 0 Å². The van der Waals surface area contributed by atoms with E-state index in [1.807, 2.05) is 0 Å². The zero-order valence-electron chi connectivity index (χ0n) is 8.59. The molecule has 0 radical (unpaired) electrons. The van der Waals surface area contributed by atoms with Crippen LogP contribution in [0, 0.1) is 5.82 Å². The molecule has 1 aromatic carbocycles. The van der Waals surface area contributed by atoms with Gasteiger partial charge in [-0.05, 0) is 24.3 Å². The van der Waals surface area contributed by atoms with Gasteiger partial charge in [0.15, 0.2) is 5.82 Å². The van der Waals surface area contributed by atoms with Crippen molar-refractivity contribution in [2.24, 2.45) is 0 Å². The number of rotatable bonds is 1. The minimum absolute atomic E-state index is 0.183. The van der Waals surface area contributed by atoms with Gasteiger partial charge in [0, 0.05) is 11.8 Å². The van der Waals surface area contributed by atoms with Gasteiger partial charge in [0.05, 0.1) is 16.4 Å². The van der Waals surface area contributed by atoms with Crippen LogP contribution in [0.15, 0.2) is 36.7 Å². The number of phenols is 1. The van der Waals surface area contributed by atoms with Crippen molar-refractivity contribution in [1.82, 2.24) is 9.97 Å². The summed E-state index contributed by atoms with van der Waals surface area (Å²) in [6.07, 6.45) is 2.70. The first-order valence-electron chi connectivity index (χ1n) is 4.93. The Kier molecular flexibility index (Phi) is 2.26. The molecule has 2 aromatic heterocycles. The second-order valence-corrected chi connectivity index (χ2v) is 4.56. The Balaban J connectivity index is 2.22. The highest BCUT2D eigenvalue weighted by atomic mass is 32.1. The predicted octanol–water partition coefficient (Wildman–Crippen LogP) is 3.20. The Morgan fingerprint density at radius 3 is 2.94 bits per heavy atom. The minimum Gasteiger partial charge on any atom is -0.508 e. The van der Waals surface area contributed by atoms with Crippen molar-refractivity contribution in [2.75, 3.05) is 0 Å². The van der Waals surface area contributed by atoms with E-state index >= 15 is 0 Å². The van der Waals surface area contributed by atoms with Crippen LogP contribution in [0.1, 0.15) is 0 Å². The third kappa shape index (κ3) is 1.74. The number of benzene rings is 1. The van der Waals surface area contributed by atoms with E-state index in [1.54, 1.807) is 24.3 Å². The third-order valence-corrected chi connectivity index (χ3v) is 3.43. The highest BCUT2D eigenvalue weighted by Crippen LogP contribution is 2.32. The fraction of sp³-hybridized carbons (Fsp3) is 0. The zero-order chi connectivity index (χ0) is 11.8. The number of nitrogens with zero attached hydrogens (tertiary/aromatic N) is 2. The van der Waals surface area contributed by atoms with E-state index in [1.165, 1.54) is 23.7 Å². The Labute approximate surface area is 100 Å². The number of hydrogen-bond acceptors (Lipinski definition) is 4. The molecule has 1 N–H and O–H groups in total. The van der Waals surface area contributed by atoms with Crippen molar-refractivity contribution in [3.05, 3.63) is 42.5 Å². The van der Waals surface area contributed by atoms with Gasteiger partial charge in [0.25, 0.3) is 0 Å². The maximum Gasteiger partial charge on any atom is 0.151 e. The quantitative estimate of drug-likeness (QED) is 0.716. The van der Waals surface area contributed by atoms with E-state index in [2.05, 4.69) is 9.97 Å². The molecule has 0 amide bonds. The molecule has 3 rings (SSSR count). The first-order chi connectivity index (χ1) is 8.24. The first kappa shape index (κ1) is 10.2. The van der Waals surface area contributed by atoms with Gasteiger partial charge in [-0.2, -0.15) is 0 Å². The number of thiazole rings is 1. The molecule has 3 nitrogen and oxygen atoms in total. The van der Waals surface area contributed by atoms with Crippen molar-refractivity contribution in [1.29, 1.82) is 0 Å². The van der Waals surface area contributed by atoms with E-state index in [0.717, 1.165) is 10.2 Å². The van der Waals surface area contributed by atoms with Crippen LogP contribution in [0.2, 0.25) is 0 Å². The molecule has 0 saturated carbocycles. The summed E-state index contributed by atoms with van der Waals surface area (Å²) < 4.78 is 14.4. The lowest BCUT2D eigenvalue weighted by atomic mass is 10.2. The Morgan fingerprint density at radius 1 is 1.24 bits per heavy atom. The summed E-state index contributed by atoms with van der Waals surface area (Å²) in [7, 11) is 0. The summed E-state index contributed by atoms with van der Waals surface area (Å²) in [6, 6.07) is 6.49. The lowest BCUT2D eigenvalue weighted by Crippen LogP contribution is -1.83. The maximum atomic E-state index is 13.5. The van der Waals surface area contributed by atoms with Crippen molar-refractivity contribution >= 4 is 21.6 Å². The van der Waals surface area contributed by atoms with Gasteiger partial charge in [-0.1, -0.05) is 0 Å². The molecule has 3 aromatic rings. The van der Waals surface area contributed by atoms with Gasteiger partial charge in [-0.15, -0.1) is 11.3 Å². The van der Waals surface area contributed by atoms with Crippen LogP contribution in [0.4, 0.5) is 4.39 Å². The van der Waals surface area contributed by atoms with Gasteiger partial charge >= 0.3 is 0 Å². The van der Waals surface area contributed by atoms with Crippen LogP contribution in [0.25, 0.3) is 20.8 Å². The first-order valence-corrected chi connectivity index (χ1v) is 5.75. The molecular weight excluding hydrogens is 238 g/mol. The molecule has 0 aliphatic carbocycles. The summed E-state index contributed by atoms with van der Waals surface area (Å²) >= 11 is 1.34. The van der Waals surface area contributed by atoms with Crippen molar-refractivity contribution < 1.29 is 9.50 Å². The fourth-order valence-electron chi connectivity index (χ4n) is 1.58. The van der Waals surface area contributed by atoms with E-state index in [-0.39, 0.29) is 5.75 Å². The number of hydrogen-bond donors (Lipinski definition) is 1. The number of aromatic nitrogens is 2. The second kappa shape index (κ2) is 3.78. The van der Waals surface area contributed by atoms with Crippen LogP contribution < -0.4 is 0 Å². The molecule has 0 spiro atoms. The minimum atomic E-state index is -0.393. The lowest BCUT2D eigenvalue weighted by molar-refractivity contribution is 0.476. The number of fused-ring (bicyclic) bond motifs is 1. The highest BCUT2D eigenvalue weighted by molar-refractivity contribution is 7.21. The normalized spacial score (nSPS) is 10.9. The van der Waals surface area contributed by atoms with Crippen LogP contribution >= 0.6 is 11.3 Å². The van der Waals surface area contributed by atoms with Crippen molar-refractivity contribution in [3.63, 3.8) is 0 Å². The maximum absolute atomic E-state index is 13.5. The third-order valence-electron chi connectivity index (χ3n) is 2.37. The zero-order valence-corrected chi connectivity index (χ0v) is 9.41. The summed E-state index contributed by atoms with van der Waals surface area (Å²) in [5, 5.41) is 9.95. The second-order valence-electron chi connectivity index (χ2n) is 3.53. The van der Waals surface area contributed by atoms with Crippen molar-refractivity contribution in [3.8, 4) is 16.3 Å². The van der Waals surface area contributed by atoms with Gasteiger partial charge in [-0.25, -0.2) is 9.37 Å². The predicted molar refractivity (Wildman–Crippen MR) is 64.5 cm³/mol. The van der Waals surface area contributed by atoms with Crippen molar-refractivity contribution in [2.45, 2.75) is 0 Å². The number of pyridine rings is 1. The van der Waals surface area contributed by atoms with E-state index in [4.69, 9.17) is 0 Å². The standard InChI is InChI=1S/C12H7FN2OS/c13-9-6-14-4-3-8(9)12-15-10-2-1-7(16)5-11(10)17-12/h1-6,16H/i13-1. The molecule has 0 saturated heterocycles. The largest absolute Gasteiger partial charge is 0.508 e. The molecule has 2 heterocycles. The number of aromatic hydroxyl groups is 1. The van der Waals surface area contributed by atoms with Gasteiger partial charge in [0.2, 0.25) is 0 Å². The lowest BCUT2D eigenvalue weighted by Gasteiger charge is -1.95. The summed E-state index contributed by atoms with van der Waals surface area (Å²) in [5.41, 5.74) is 1.18. The van der Waals surface area contributed by atoms with E-state index < -0.39 is 5.82 Å². The van der Waals surface area contributed by atoms with Crippen LogP contribution in [0.5, 0.6) is 5.75 Å². The smallest absolute Gasteiger partial charge is 0.151 e. The highest BCUT2D eigenvalue weighted by Gasteiger charge is 2.10. The monoisotopic (exact) mass is 245 g/mol. The molecule has 5 heteroatoms. The topological polar surface area (TPSA) is 46.0 Å². The van der Waals surface area contributed by atoms with Crippen LogP contribution in [-0.4, -0.2) is 15.1 Å². The average molecular weight is 245 g/mol. The Bertz CT molecular complexity index is 696. The summed E-state index contributed by atoms with van der Waals surface area (Å²) in [5.74, 6) is -0.210.